The molecule has 2 aromatic carbocycles. The molecule has 0 N–H and O–H groups in total. The Kier molecular flexibility index (Phi) is 4.75. The van der Waals surface area contributed by atoms with Crippen LogP contribution in [0, 0.1) is 11.3 Å². The van der Waals surface area contributed by atoms with Crippen molar-refractivity contribution < 1.29 is 9.47 Å². The molecule has 2 heterocycles. The summed E-state index contributed by atoms with van der Waals surface area (Å²) in [4.78, 5) is 2.53. The lowest BCUT2D eigenvalue weighted by Gasteiger charge is -2.45. The topological polar surface area (TPSA) is 45.5 Å². The molecule has 2 unspecified atom stereocenters. The smallest absolute Gasteiger partial charge is 0.126 e. The van der Waals surface area contributed by atoms with Gasteiger partial charge in [0.1, 0.15) is 5.75 Å². The van der Waals surface area contributed by atoms with Gasteiger partial charge in [0, 0.05) is 18.2 Å². The third-order valence-corrected chi connectivity index (χ3v) is 5.23. The molecule has 132 valence electrons. The quantitative estimate of drug-likeness (QED) is 0.848. The van der Waals surface area contributed by atoms with Crippen molar-refractivity contribution in [2.45, 2.75) is 25.0 Å². The molecule has 0 saturated carbocycles. The number of methoxy groups -OCH3 is 1. The van der Waals surface area contributed by atoms with Crippen molar-refractivity contribution in [1.29, 1.82) is 5.26 Å². The minimum absolute atomic E-state index is 0.244. The van der Waals surface area contributed by atoms with Gasteiger partial charge < -0.3 is 9.47 Å². The maximum atomic E-state index is 9.25. The molecule has 0 radical (unpaired) electrons. The highest BCUT2D eigenvalue weighted by Gasteiger charge is 2.35. The Morgan fingerprint density at radius 1 is 1.19 bits per heavy atom. The summed E-state index contributed by atoms with van der Waals surface area (Å²) in [5, 5.41) is 9.25. The Labute approximate surface area is 154 Å². The zero-order valence-corrected chi connectivity index (χ0v) is 14.9. The van der Waals surface area contributed by atoms with Crippen LogP contribution in [0.15, 0.2) is 54.6 Å². The van der Waals surface area contributed by atoms with Gasteiger partial charge in [0.15, 0.2) is 0 Å². The van der Waals surface area contributed by atoms with Crippen molar-refractivity contribution in [1.82, 2.24) is 4.90 Å². The van der Waals surface area contributed by atoms with Crippen molar-refractivity contribution in [3.05, 3.63) is 71.3 Å². The summed E-state index contributed by atoms with van der Waals surface area (Å²) in [6, 6.07) is 19.0. The fraction of sp³-hybridized carbons (Fsp3) is 0.318. The first-order valence-electron chi connectivity index (χ1n) is 8.95. The highest BCUT2D eigenvalue weighted by molar-refractivity contribution is 5.73. The summed E-state index contributed by atoms with van der Waals surface area (Å²) >= 11 is 0. The minimum atomic E-state index is 0.244. The Morgan fingerprint density at radius 2 is 2.04 bits per heavy atom. The van der Waals surface area contributed by atoms with Gasteiger partial charge in [-0.2, -0.15) is 5.26 Å². The zero-order valence-electron chi connectivity index (χ0n) is 14.9. The zero-order chi connectivity index (χ0) is 17.9. The highest BCUT2D eigenvalue weighted by Crippen LogP contribution is 2.37. The van der Waals surface area contributed by atoms with Crippen LogP contribution < -0.4 is 4.74 Å². The van der Waals surface area contributed by atoms with E-state index in [0.717, 1.165) is 30.9 Å². The molecule has 2 atom stereocenters. The fourth-order valence-corrected chi connectivity index (χ4v) is 3.93. The van der Waals surface area contributed by atoms with Crippen LogP contribution in [0.5, 0.6) is 5.75 Å². The van der Waals surface area contributed by atoms with E-state index in [1.165, 1.54) is 11.1 Å². The number of hydrogen-bond donors (Lipinski definition) is 0. The van der Waals surface area contributed by atoms with Crippen LogP contribution in [0.25, 0.3) is 5.57 Å². The number of nitriles is 1. The summed E-state index contributed by atoms with van der Waals surface area (Å²) in [7, 11) is 1.68. The largest absolute Gasteiger partial charge is 0.496 e. The minimum Gasteiger partial charge on any atom is -0.496 e. The molecule has 0 amide bonds. The molecule has 4 nitrogen and oxygen atoms in total. The highest BCUT2D eigenvalue weighted by atomic mass is 16.5. The number of nitrogens with zero attached hydrogens (tertiary/aromatic N) is 2. The first-order valence-corrected chi connectivity index (χ1v) is 8.95. The number of ether oxygens (including phenoxy) is 2. The molecular weight excluding hydrogens is 324 g/mol. The molecule has 26 heavy (non-hydrogen) atoms. The third kappa shape index (κ3) is 3.24. The molecule has 2 aliphatic rings. The molecular formula is C22H22N2O2. The number of morpholine rings is 1. The van der Waals surface area contributed by atoms with Gasteiger partial charge in [-0.1, -0.05) is 36.4 Å². The van der Waals surface area contributed by atoms with Crippen molar-refractivity contribution >= 4 is 5.57 Å². The van der Waals surface area contributed by atoms with Crippen molar-refractivity contribution in [2.75, 3.05) is 20.3 Å². The molecule has 2 aliphatic heterocycles. The predicted molar refractivity (Wildman–Crippen MR) is 101 cm³/mol. The standard InChI is InChI=1S/C22H22N2O2/c1-25-22-8-7-17(12-23)9-21(22)18-10-19-14-26-15-20(11-18)24(19)13-16-5-3-2-4-6-16/h2-10,19-20H,11,13-15H2,1H3. The second-order valence-electron chi connectivity index (χ2n) is 6.84. The molecule has 1 saturated heterocycles. The van der Waals surface area contributed by atoms with E-state index in [1.54, 1.807) is 13.2 Å². The van der Waals surface area contributed by atoms with E-state index in [1.807, 2.05) is 12.1 Å². The first-order chi connectivity index (χ1) is 12.8. The summed E-state index contributed by atoms with van der Waals surface area (Å²) < 4.78 is 11.4. The molecule has 2 bridgehead atoms. The van der Waals surface area contributed by atoms with Gasteiger partial charge in [-0.3, -0.25) is 4.90 Å². The lowest BCUT2D eigenvalue weighted by molar-refractivity contribution is -0.0403. The second kappa shape index (κ2) is 7.33. The monoisotopic (exact) mass is 346 g/mol. The van der Waals surface area contributed by atoms with Gasteiger partial charge >= 0.3 is 0 Å². The first kappa shape index (κ1) is 16.8. The summed E-state index contributed by atoms with van der Waals surface area (Å²) in [6.45, 7) is 2.37. The number of fused-ring (bicyclic) bond motifs is 2. The van der Waals surface area contributed by atoms with Crippen LogP contribution >= 0.6 is 0 Å². The Hall–Kier alpha value is -2.61. The van der Waals surface area contributed by atoms with E-state index in [4.69, 9.17) is 9.47 Å². The van der Waals surface area contributed by atoms with E-state index in [2.05, 4.69) is 47.4 Å². The van der Waals surface area contributed by atoms with Gasteiger partial charge in [-0.15, -0.1) is 0 Å². The van der Waals surface area contributed by atoms with E-state index < -0.39 is 0 Å². The summed E-state index contributed by atoms with van der Waals surface area (Å²) in [5.41, 5.74) is 4.27. The van der Waals surface area contributed by atoms with Crippen molar-refractivity contribution in [3.63, 3.8) is 0 Å². The Balaban J connectivity index is 1.66. The van der Waals surface area contributed by atoms with Crippen molar-refractivity contribution in [3.8, 4) is 11.8 Å². The van der Waals surface area contributed by atoms with E-state index in [0.29, 0.717) is 18.2 Å². The maximum Gasteiger partial charge on any atom is 0.126 e. The van der Waals surface area contributed by atoms with Gasteiger partial charge in [-0.05, 0) is 35.8 Å². The van der Waals surface area contributed by atoms with Crippen LogP contribution in [0.2, 0.25) is 0 Å². The molecule has 4 heteroatoms. The maximum absolute atomic E-state index is 9.25. The van der Waals surface area contributed by atoms with E-state index >= 15 is 0 Å². The van der Waals surface area contributed by atoms with Gasteiger partial charge in [0.05, 0.1) is 38.0 Å². The Morgan fingerprint density at radius 3 is 2.77 bits per heavy atom. The summed E-state index contributed by atoms with van der Waals surface area (Å²) in [5.74, 6) is 0.825. The van der Waals surface area contributed by atoms with Crippen LogP contribution in [-0.2, 0) is 11.3 Å². The molecule has 0 aromatic heterocycles. The number of hydrogen-bond acceptors (Lipinski definition) is 4. The third-order valence-electron chi connectivity index (χ3n) is 5.23. The van der Waals surface area contributed by atoms with Gasteiger partial charge in [-0.25, -0.2) is 0 Å². The van der Waals surface area contributed by atoms with Crippen LogP contribution in [0.1, 0.15) is 23.1 Å². The lowest BCUT2D eigenvalue weighted by atomic mass is 9.88. The van der Waals surface area contributed by atoms with Gasteiger partial charge in [0.25, 0.3) is 0 Å². The lowest BCUT2D eigenvalue weighted by Crippen LogP contribution is -2.53. The van der Waals surface area contributed by atoms with E-state index in [-0.39, 0.29) is 6.04 Å². The summed E-state index contributed by atoms with van der Waals surface area (Å²) in [6.07, 6.45) is 3.19. The van der Waals surface area contributed by atoms with Crippen molar-refractivity contribution in [2.24, 2.45) is 0 Å². The predicted octanol–water partition coefficient (Wildman–Crippen LogP) is 3.62. The number of benzene rings is 2. The molecule has 4 rings (SSSR count). The Bertz CT molecular complexity index is 854. The average molecular weight is 346 g/mol. The molecule has 0 spiro atoms. The van der Waals surface area contributed by atoms with E-state index in [9.17, 15) is 5.26 Å². The fourth-order valence-electron chi connectivity index (χ4n) is 3.93. The van der Waals surface area contributed by atoms with Gasteiger partial charge in [0.2, 0.25) is 0 Å². The SMILES string of the molecule is COc1ccc(C#N)cc1C1=CC2COCC(C1)N2Cc1ccccc1. The number of rotatable bonds is 4. The average Bonchev–Trinajstić information content (AvgIpc) is 2.68. The second-order valence-corrected chi connectivity index (χ2v) is 6.84. The molecule has 2 aromatic rings. The molecule has 0 aliphatic carbocycles. The van der Waals surface area contributed by atoms with Crippen LogP contribution in [0.3, 0.4) is 0 Å². The normalized spacial score (nSPS) is 22.4. The molecule has 1 fully saturated rings. The van der Waals surface area contributed by atoms with Crippen LogP contribution in [0.4, 0.5) is 0 Å². The van der Waals surface area contributed by atoms with Crippen LogP contribution in [-0.4, -0.2) is 37.3 Å².